The molecule has 1 heterocycles. The van der Waals surface area contributed by atoms with E-state index >= 15 is 0 Å². The minimum Gasteiger partial charge on any atom is -0.480 e. The highest BCUT2D eigenvalue weighted by Crippen LogP contribution is 2.23. The molecule has 1 aliphatic carbocycles. The van der Waals surface area contributed by atoms with Crippen molar-refractivity contribution in [2.24, 2.45) is 0 Å². The second-order valence-electron chi connectivity index (χ2n) is 4.71. The molecule has 1 aliphatic heterocycles. The lowest BCUT2D eigenvalue weighted by molar-refractivity contribution is -0.140. The number of aliphatic carboxylic acids is 1. The lowest BCUT2D eigenvalue weighted by atomic mass is 10.2. The Bertz CT molecular complexity index is 389. The number of carboxylic acids is 1. The lowest BCUT2D eigenvalue weighted by Crippen LogP contribution is -2.48. The Hall–Kier alpha value is -0.660. The lowest BCUT2D eigenvalue weighted by Gasteiger charge is -2.23. The number of hydrogen-bond donors (Lipinski definition) is 2. The minimum absolute atomic E-state index is 0.0185. The monoisotopic (exact) mass is 262 g/mol. The van der Waals surface area contributed by atoms with Crippen LogP contribution in [0.4, 0.5) is 0 Å². The summed E-state index contributed by atoms with van der Waals surface area (Å²) < 4.78 is 27.8. The summed E-state index contributed by atoms with van der Waals surface area (Å²) in [5, 5.41) is 8.97. The van der Waals surface area contributed by atoms with E-state index in [-0.39, 0.29) is 6.04 Å². The quantitative estimate of drug-likeness (QED) is 0.763. The van der Waals surface area contributed by atoms with Gasteiger partial charge in [-0.25, -0.2) is 0 Å². The maximum Gasteiger partial charge on any atom is 0.322 e. The van der Waals surface area contributed by atoms with E-state index in [2.05, 4.69) is 4.72 Å². The van der Waals surface area contributed by atoms with E-state index in [9.17, 15) is 13.2 Å². The molecule has 17 heavy (non-hydrogen) atoms. The maximum atomic E-state index is 12.1. The van der Waals surface area contributed by atoms with Gasteiger partial charge < -0.3 is 5.11 Å². The molecule has 0 radical (unpaired) electrons. The van der Waals surface area contributed by atoms with E-state index in [0.717, 1.165) is 30.0 Å². The van der Waals surface area contributed by atoms with Crippen molar-refractivity contribution in [2.45, 2.75) is 50.6 Å². The molecule has 0 bridgehead atoms. The predicted molar refractivity (Wildman–Crippen MR) is 61.7 cm³/mol. The fourth-order valence-corrected chi connectivity index (χ4v) is 4.29. The Labute approximate surface area is 101 Å². The molecular weight excluding hydrogens is 244 g/mol. The SMILES string of the molecule is O=C(O)[C@@H]1CCCN1S(=O)(=O)NC1CCCC1. The van der Waals surface area contributed by atoms with Gasteiger partial charge in [0.25, 0.3) is 10.2 Å². The van der Waals surface area contributed by atoms with Gasteiger partial charge in [-0.3, -0.25) is 4.79 Å². The van der Waals surface area contributed by atoms with Gasteiger partial charge in [0.2, 0.25) is 0 Å². The van der Waals surface area contributed by atoms with Crippen LogP contribution in [-0.2, 0) is 15.0 Å². The molecular formula is C10H18N2O4S. The van der Waals surface area contributed by atoms with Crippen molar-refractivity contribution in [1.29, 1.82) is 0 Å². The van der Waals surface area contributed by atoms with Gasteiger partial charge in [0.05, 0.1) is 0 Å². The zero-order valence-corrected chi connectivity index (χ0v) is 10.4. The molecule has 0 aromatic carbocycles. The fraction of sp³-hybridized carbons (Fsp3) is 0.900. The van der Waals surface area contributed by atoms with Crippen LogP contribution in [0.1, 0.15) is 38.5 Å². The summed E-state index contributed by atoms with van der Waals surface area (Å²) in [4.78, 5) is 11.0. The first-order valence-electron chi connectivity index (χ1n) is 6.02. The van der Waals surface area contributed by atoms with E-state index in [4.69, 9.17) is 5.11 Å². The average molecular weight is 262 g/mol. The first-order chi connectivity index (χ1) is 8.00. The predicted octanol–water partition coefficient (Wildman–Crippen LogP) is 0.312. The normalized spacial score (nSPS) is 27.6. The van der Waals surface area contributed by atoms with Crippen LogP contribution in [0.25, 0.3) is 0 Å². The summed E-state index contributed by atoms with van der Waals surface area (Å²) in [5.41, 5.74) is 0. The zero-order valence-electron chi connectivity index (χ0n) is 9.63. The van der Waals surface area contributed by atoms with E-state index in [1.165, 1.54) is 0 Å². The smallest absolute Gasteiger partial charge is 0.322 e. The molecule has 0 aromatic rings. The van der Waals surface area contributed by atoms with Crippen LogP contribution in [0.3, 0.4) is 0 Å². The van der Waals surface area contributed by atoms with Crippen molar-refractivity contribution in [1.82, 2.24) is 9.03 Å². The van der Waals surface area contributed by atoms with Crippen molar-refractivity contribution in [3.05, 3.63) is 0 Å². The van der Waals surface area contributed by atoms with Gasteiger partial charge in [0.15, 0.2) is 0 Å². The first-order valence-corrected chi connectivity index (χ1v) is 7.46. The molecule has 98 valence electrons. The second-order valence-corrected chi connectivity index (χ2v) is 6.37. The molecule has 6 nitrogen and oxygen atoms in total. The summed E-state index contributed by atoms with van der Waals surface area (Å²) in [5.74, 6) is -1.06. The Kier molecular flexibility index (Phi) is 3.70. The topological polar surface area (TPSA) is 86.7 Å². The average Bonchev–Trinajstić information content (AvgIpc) is 2.84. The van der Waals surface area contributed by atoms with Gasteiger partial charge in [-0.05, 0) is 25.7 Å². The Balaban J connectivity index is 2.06. The van der Waals surface area contributed by atoms with Gasteiger partial charge in [0.1, 0.15) is 6.04 Å². The van der Waals surface area contributed by atoms with Crippen LogP contribution in [0.15, 0.2) is 0 Å². The zero-order chi connectivity index (χ0) is 12.5. The van der Waals surface area contributed by atoms with E-state index in [1.54, 1.807) is 0 Å². The highest BCUT2D eigenvalue weighted by molar-refractivity contribution is 7.87. The Morgan fingerprint density at radius 3 is 2.41 bits per heavy atom. The highest BCUT2D eigenvalue weighted by atomic mass is 32.2. The van der Waals surface area contributed by atoms with Crippen LogP contribution in [0.5, 0.6) is 0 Å². The van der Waals surface area contributed by atoms with Crippen molar-refractivity contribution in [2.75, 3.05) is 6.54 Å². The Morgan fingerprint density at radius 2 is 1.82 bits per heavy atom. The molecule has 2 N–H and O–H groups in total. The Morgan fingerprint density at radius 1 is 1.18 bits per heavy atom. The number of carbonyl (C=O) groups is 1. The highest BCUT2D eigenvalue weighted by Gasteiger charge is 2.39. The second kappa shape index (κ2) is 4.91. The van der Waals surface area contributed by atoms with E-state index < -0.39 is 22.2 Å². The molecule has 7 heteroatoms. The summed E-state index contributed by atoms with van der Waals surface area (Å²) >= 11 is 0. The van der Waals surface area contributed by atoms with Crippen molar-refractivity contribution in [3.8, 4) is 0 Å². The van der Waals surface area contributed by atoms with Gasteiger partial charge in [-0.15, -0.1) is 0 Å². The van der Waals surface area contributed by atoms with Gasteiger partial charge in [-0.2, -0.15) is 17.4 Å². The van der Waals surface area contributed by atoms with Crippen molar-refractivity contribution in [3.63, 3.8) is 0 Å². The summed E-state index contributed by atoms with van der Waals surface area (Å²) in [6, 6.07) is -0.913. The first kappa shape index (κ1) is 12.8. The van der Waals surface area contributed by atoms with E-state index in [1.807, 2.05) is 0 Å². The fourth-order valence-electron chi connectivity index (χ4n) is 2.60. The molecule has 0 unspecified atom stereocenters. The molecule has 2 aliphatic rings. The maximum absolute atomic E-state index is 12.1. The molecule has 1 saturated heterocycles. The van der Waals surface area contributed by atoms with Gasteiger partial charge in [0, 0.05) is 12.6 Å². The molecule has 1 saturated carbocycles. The van der Waals surface area contributed by atoms with Crippen molar-refractivity contribution >= 4 is 16.2 Å². The number of hydrogen-bond acceptors (Lipinski definition) is 3. The summed E-state index contributed by atoms with van der Waals surface area (Å²) in [7, 11) is -3.64. The molecule has 2 rings (SSSR count). The van der Waals surface area contributed by atoms with Crippen LogP contribution in [0.2, 0.25) is 0 Å². The van der Waals surface area contributed by atoms with Gasteiger partial charge >= 0.3 is 5.97 Å². The summed E-state index contributed by atoms with van der Waals surface area (Å²) in [6.45, 7) is 0.305. The van der Waals surface area contributed by atoms with Crippen molar-refractivity contribution < 1.29 is 18.3 Å². The largest absolute Gasteiger partial charge is 0.480 e. The molecule has 1 atom stereocenters. The van der Waals surface area contributed by atoms with Crippen LogP contribution < -0.4 is 4.72 Å². The number of nitrogens with one attached hydrogen (secondary N) is 1. The number of nitrogens with zero attached hydrogens (tertiary/aromatic N) is 1. The van der Waals surface area contributed by atoms with Crippen LogP contribution in [-0.4, -0.2) is 42.4 Å². The molecule has 2 fully saturated rings. The van der Waals surface area contributed by atoms with E-state index in [0.29, 0.717) is 19.4 Å². The summed E-state index contributed by atoms with van der Waals surface area (Å²) in [6.07, 6.45) is 4.80. The number of rotatable bonds is 4. The third-order valence-corrected chi connectivity index (χ3v) is 5.15. The van der Waals surface area contributed by atoms with Gasteiger partial charge in [-0.1, -0.05) is 12.8 Å². The van der Waals surface area contributed by atoms with Crippen LogP contribution >= 0.6 is 0 Å². The standard InChI is InChI=1S/C10H18N2O4S/c13-10(14)9-6-3-7-12(9)17(15,16)11-8-4-1-2-5-8/h8-9,11H,1-7H2,(H,13,14)/t9-/m0/s1. The van der Waals surface area contributed by atoms with Crippen LogP contribution in [0, 0.1) is 0 Å². The molecule has 0 aromatic heterocycles. The minimum atomic E-state index is -3.64. The molecule has 0 amide bonds. The third-order valence-electron chi connectivity index (χ3n) is 3.47. The molecule has 0 spiro atoms. The third kappa shape index (κ3) is 2.78. The number of carboxylic acid groups (broad SMARTS) is 1.